The molecule has 0 aliphatic carbocycles. The summed E-state index contributed by atoms with van der Waals surface area (Å²) in [6, 6.07) is 19.6. The fourth-order valence-electron chi connectivity index (χ4n) is 3.67. The molecule has 1 aliphatic heterocycles. The van der Waals surface area contributed by atoms with Crippen LogP contribution in [-0.2, 0) is 41.7 Å². The van der Waals surface area contributed by atoms with E-state index < -0.39 is 37.2 Å². The van der Waals surface area contributed by atoms with Gasteiger partial charge >= 0.3 is 5.97 Å². The molecule has 8 nitrogen and oxygen atoms in total. The van der Waals surface area contributed by atoms with E-state index in [1.165, 1.54) is 0 Å². The van der Waals surface area contributed by atoms with Crippen LogP contribution in [0.1, 0.15) is 24.5 Å². The van der Waals surface area contributed by atoms with Crippen LogP contribution in [0.4, 0.5) is 0 Å². The Hall–Kier alpha value is -2.33. The van der Waals surface area contributed by atoms with E-state index in [4.69, 9.17) is 28.8 Å². The molecule has 0 spiro atoms. The molecule has 2 N–H and O–H groups in total. The fraction of sp³-hybridized carbons (Fsp3) is 0.500. The van der Waals surface area contributed by atoms with E-state index in [0.717, 1.165) is 24.1 Å². The molecule has 8 heteroatoms. The van der Waals surface area contributed by atoms with Gasteiger partial charge < -0.3 is 34.1 Å². The van der Waals surface area contributed by atoms with Crippen LogP contribution >= 0.6 is 0 Å². The second kappa shape index (κ2) is 14.8. The van der Waals surface area contributed by atoms with Crippen LogP contribution in [0.2, 0.25) is 0 Å². The molecule has 2 aromatic carbocycles. The van der Waals surface area contributed by atoms with Gasteiger partial charge in [0.2, 0.25) is 0 Å². The van der Waals surface area contributed by atoms with E-state index in [1.807, 2.05) is 60.7 Å². The Morgan fingerprint density at radius 1 is 0.912 bits per heavy atom. The van der Waals surface area contributed by atoms with Gasteiger partial charge in [0.15, 0.2) is 6.29 Å². The van der Waals surface area contributed by atoms with Crippen molar-refractivity contribution in [2.24, 2.45) is 0 Å². The number of carboxylic acids is 1. The molecule has 3 rings (SSSR count). The molecule has 1 saturated heterocycles. The first-order chi connectivity index (χ1) is 16.7. The summed E-state index contributed by atoms with van der Waals surface area (Å²) in [6.45, 7) is 4.51. The van der Waals surface area contributed by atoms with Crippen molar-refractivity contribution in [2.45, 2.75) is 51.2 Å². The van der Waals surface area contributed by atoms with Crippen LogP contribution in [-0.4, -0.2) is 68.6 Å². The van der Waals surface area contributed by atoms with Gasteiger partial charge in [-0.1, -0.05) is 67.6 Å². The van der Waals surface area contributed by atoms with Crippen molar-refractivity contribution < 1.29 is 33.6 Å². The lowest BCUT2D eigenvalue weighted by Gasteiger charge is -2.41. The van der Waals surface area contributed by atoms with Gasteiger partial charge in [0.05, 0.1) is 26.4 Å². The highest BCUT2D eigenvalue weighted by molar-refractivity contribution is 5.68. The van der Waals surface area contributed by atoms with Crippen molar-refractivity contribution in [2.75, 3.05) is 32.9 Å². The summed E-state index contributed by atoms with van der Waals surface area (Å²) < 4.78 is 30.1. The predicted octanol–water partition coefficient (Wildman–Crippen LogP) is 3.00. The Labute approximate surface area is 201 Å². The zero-order chi connectivity index (χ0) is 24.0. The predicted molar refractivity (Wildman–Crippen MR) is 126 cm³/mol. The number of rotatable bonds is 15. The molecule has 0 aromatic heterocycles. The van der Waals surface area contributed by atoms with Crippen LogP contribution in [0.25, 0.3) is 0 Å². The summed E-state index contributed by atoms with van der Waals surface area (Å²) in [4.78, 5) is 11.1. The van der Waals surface area contributed by atoms with Gasteiger partial charge in [-0.05, 0) is 24.1 Å². The third-order valence-electron chi connectivity index (χ3n) is 5.36. The lowest BCUT2D eigenvalue weighted by molar-refractivity contribution is -0.297. The van der Waals surface area contributed by atoms with Crippen molar-refractivity contribution in [3.05, 3.63) is 71.8 Å². The SMILES string of the molecule is CCCNCCO[C@H]1OC[C@@H](OCC(=O)O)[C@H](OCc2ccccc2)[C@H]1OCc1ccccc1. The molecule has 0 bridgehead atoms. The van der Waals surface area contributed by atoms with Crippen molar-refractivity contribution in [3.63, 3.8) is 0 Å². The number of hydrogen-bond acceptors (Lipinski definition) is 7. The largest absolute Gasteiger partial charge is 0.480 e. The molecule has 0 amide bonds. The fourth-order valence-corrected chi connectivity index (χ4v) is 3.67. The minimum absolute atomic E-state index is 0.144. The minimum atomic E-state index is -1.05. The number of aliphatic carboxylic acids is 1. The molecule has 4 atom stereocenters. The van der Waals surface area contributed by atoms with E-state index in [9.17, 15) is 4.79 Å². The molecule has 34 heavy (non-hydrogen) atoms. The number of hydrogen-bond donors (Lipinski definition) is 2. The second-order valence-electron chi connectivity index (χ2n) is 8.09. The average molecular weight is 474 g/mol. The number of benzene rings is 2. The highest BCUT2D eigenvalue weighted by Gasteiger charge is 2.44. The first kappa shape index (κ1) is 26.3. The molecule has 1 fully saturated rings. The monoisotopic (exact) mass is 473 g/mol. The van der Waals surface area contributed by atoms with Crippen molar-refractivity contribution in [1.29, 1.82) is 0 Å². The zero-order valence-electron chi connectivity index (χ0n) is 19.6. The second-order valence-corrected chi connectivity index (χ2v) is 8.09. The zero-order valence-corrected chi connectivity index (χ0v) is 19.6. The molecule has 186 valence electrons. The maximum atomic E-state index is 11.1. The minimum Gasteiger partial charge on any atom is -0.480 e. The molecule has 0 radical (unpaired) electrons. The third-order valence-corrected chi connectivity index (χ3v) is 5.36. The van der Waals surface area contributed by atoms with E-state index >= 15 is 0 Å². The molecule has 1 aliphatic rings. The summed E-state index contributed by atoms with van der Waals surface area (Å²) in [7, 11) is 0. The van der Waals surface area contributed by atoms with Crippen LogP contribution in [0.5, 0.6) is 0 Å². The van der Waals surface area contributed by atoms with Crippen LogP contribution in [0.15, 0.2) is 60.7 Å². The van der Waals surface area contributed by atoms with Gasteiger partial charge in [-0.15, -0.1) is 0 Å². The quantitative estimate of drug-likeness (QED) is 0.381. The van der Waals surface area contributed by atoms with Gasteiger partial charge in [0.25, 0.3) is 0 Å². The number of carbonyl (C=O) groups is 1. The Kier molecular flexibility index (Phi) is 11.5. The van der Waals surface area contributed by atoms with Gasteiger partial charge in [0, 0.05) is 6.54 Å². The summed E-state index contributed by atoms with van der Waals surface area (Å²) in [5.41, 5.74) is 2.00. The maximum Gasteiger partial charge on any atom is 0.329 e. The van der Waals surface area contributed by atoms with Gasteiger partial charge in [-0.2, -0.15) is 0 Å². The van der Waals surface area contributed by atoms with E-state index in [-0.39, 0.29) is 6.61 Å². The molecule has 0 saturated carbocycles. The highest BCUT2D eigenvalue weighted by atomic mass is 16.7. The normalized spacial score (nSPS) is 22.5. The molecule has 2 aromatic rings. The summed E-state index contributed by atoms with van der Waals surface area (Å²) >= 11 is 0. The Morgan fingerprint density at radius 3 is 2.12 bits per heavy atom. The van der Waals surface area contributed by atoms with Crippen molar-refractivity contribution in [1.82, 2.24) is 5.32 Å². The van der Waals surface area contributed by atoms with Crippen LogP contribution in [0, 0.1) is 0 Å². The molecular formula is C26H35NO7. The van der Waals surface area contributed by atoms with Gasteiger partial charge in [-0.25, -0.2) is 4.79 Å². The molecule has 1 heterocycles. The first-order valence-corrected chi connectivity index (χ1v) is 11.8. The Morgan fingerprint density at radius 2 is 1.53 bits per heavy atom. The maximum absolute atomic E-state index is 11.1. The lowest BCUT2D eigenvalue weighted by atomic mass is 10.0. The summed E-state index contributed by atoms with van der Waals surface area (Å²) in [6.07, 6.45) is -1.43. The van der Waals surface area contributed by atoms with E-state index in [0.29, 0.717) is 26.4 Å². The number of carboxylic acid groups (broad SMARTS) is 1. The van der Waals surface area contributed by atoms with Crippen LogP contribution < -0.4 is 5.32 Å². The lowest BCUT2D eigenvalue weighted by Crippen LogP contribution is -2.57. The molecule has 0 unspecified atom stereocenters. The topological polar surface area (TPSA) is 95.5 Å². The average Bonchev–Trinajstić information content (AvgIpc) is 2.86. The van der Waals surface area contributed by atoms with Gasteiger partial charge in [-0.3, -0.25) is 0 Å². The van der Waals surface area contributed by atoms with Crippen molar-refractivity contribution in [3.8, 4) is 0 Å². The summed E-state index contributed by atoms with van der Waals surface area (Å²) in [5.74, 6) is -1.05. The first-order valence-electron chi connectivity index (χ1n) is 11.8. The van der Waals surface area contributed by atoms with E-state index in [2.05, 4.69) is 12.2 Å². The number of nitrogens with one attached hydrogen (secondary N) is 1. The smallest absolute Gasteiger partial charge is 0.329 e. The molecular weight excluding hydrogens is 438 g/mol. The standard InChI is InChI=1S/C26H35NO7/c1-2-13-27-14-15-30-26-25(33-17-21-11-7-4-8-12-21)24(22(18-34-26)31-19-23(28)29)32-16-20-9-5-3-6-10-20/h3-12,22,24-27H,2,13-19H2,1H3,(H,28,29)/t22-,24+,25-,26+/m1/s1. The van der Waals surface area contributed by atoms with E-state index in [1.54, 1.807) is 0 Å². The number of ether oxygens (including phenoxy) is 5. The summed E-state index contributed by atoms with van der Waals surface area (Å²) in [5, 5.41) is 12.4. The van der Waals surface area contributed by atoms with Gasteiger partial charge in [0.1, 0.15) is 24.9 Å². The Balaban J connectivity index is 1.73. The van der Waals surface area contributed by atoms with Crippen molar-refractivity contribution >= 4 is 5.97 Å². The van der Waals surface area contributed by atoms with Crippen LogP contribution in [0.3, 0.4) is 0 Å². The Bertz CT molecular complexity index is 820. The highest BCUT2D eigenvalue weighted by Crippen LogP contribution is 2.26. The third kappa shape index (κ3) is 8.79.